The van der Waals surface area contributed by atoms with Gasteiger partial charge in [0.25, 0.3) is 0 Å². The lowest BCUT2D eigenvalue weighted by Crippen LogP contribution is -1.96. The molecule has 6 nitrogen and oxygen atoms in total. The van der Waals surface area contributed by atoms with E-state index in [1.54, 1.807) is 0 Å². The molecule has 0 fully saturated rings. The van der Waals surface area contributed by atoms with Crippen molar-refractivity contribution in [3.05, 3.63) is 59.7 Å². The van der Waals surface area contributed by atoms with Crippen LogP contribution >= 0.6 is 0 Å². The molecule has 2 heterocycles. The van der Waals surface area contributed by atoms with Crippen LogP contribution in [-0.4, -0.2) is 45.6 Å². The number of Topliss-reactive ketones (excluding diaryl/α,β-unsaturated/α-hetero) is 2. The summed E-state index contributed by atoms with van der Waals surface area (Å²) in [7, 11) is 4.02. The van der Waals surface area contributed by atoms with E-state index in [0.29, 0.717) is 11.1 Å². The van der Waals surface area contributed by atoms with Gasteiger partial charge in [0.2, 0.25) is 0 Å². The van der Waals surface area contributed by atoms with Gasteiger partial charge in [-0.2, -0.15) is 0 Å². The summed E-state index contributed by atoms with van der Waals surface area (Å²) in [5.74, 6) is -0.145. The zero-order valence-electron chi connectivity index (χ0n) is 17.0. The molecule has 0 amide bonds. The number of ketones is 2. The Hall–Kier alpha value is -3.48. The van der Waals surface area contributed by atoms with Crippen molar-refractivity contribution in [2.75, 3.05) is 14.2 Å². The smallest absolute Gasteiger partial charge is 0.172 e. The van der Waals surface area contributed by atoms with Crippen LogP contribution in [0.4, 0.5) is 0 Å². The second kappa shape index (κ2) is 7.40. The molecule has 0 unspecified atom stereocenters. The van der Waals surface area contributed by atoms with Crippen LogP contribution in [0.2, 0.25) is 0 Å². The number of nitrogens with one attached hydrogen (secondary N) is 1. The van der Waals surface area contributed by atoms with Gasteiger partial charge in [-0.1, -0.05) is 36.4 Å². The number of hydrogen-bond donors (Lipinski definition) is 3. The van der Waals surface area contributed by atoms with Gasteiger partial charge in [-0.15, -0.1) is 0 Å². The minimum absolute atomic E-state index is 0.0354. The first-order chi connectivity index (χ1) is 14.7. The zero-order chi connectivity index (χ0) is 21.6. The highest BCUT2D eigenvalue weighted by Crippen LogP contribution is 2.44. The third-order valence-electron chi connectivity index (χ3n) is 5.68. The highest BCUT2D eigenvalue weighted by atomic mass is 16.2. The molecule has 5 aromatic rings. The first kappa shape index (κ1) is 19.8. The first-order valence-corrected chi connectivity index (χ1v) is 9.56. The molecular weight excluding hydrogens is 380 g/mol. The Kier molecular flexibility index (Phi) is 4.89. The Balaban J connectivity index is 0.000000516. The van der Waals surface area contributed by atoms with Crippen LogP contribution in [0.15, 0.2) is 48.5 Å². The number of aliphatic hydroxyl groups excluding tert-OH is 2. The van der Waals surface area contributed by atoms with E-state index in [4.69, 9.17) is 10.2 Å². The minimum Gasteiger partial charge on any atom is -0.400 e. The lowest BCUT2D eigenvalue weighted by Gasteiger charge is -2.06. The SMILES string of the molecule is CO.CO.Cn1c2ccccc2c2c3c(c4c5ccccc5[nH]c4c21)C(=O)CC3=O. The van der Waals surface area contributed by atoms with Crippen LogP contribution < -0.4 is 0 Å². The van der Waals surface area contributed by atoms with Gasteiger partial charge in [-0.25, -0.2) is 0 Å². The van der Waals surface area contributed by atoms with Crippen LogP contribution in [0.1, 0.15) is 27.1 Å². The van der Waals surface area contributed by atoms with Gasteiger partial charge in [0, 0.05) is 65.0 Å². The number of aromatic nitrogens is 2. The Morgan fingerprint density at radius 1 is 0.800 bits per heavy atom. The minimum atomic E-state index is -0.0745. The van der Waals surface area contributed by atoms with Crippen molar-refractivity contribution in [2.24, 2.45) is 7.05 Å². The number of nitrogens with zero attached hydrogens (tertiary/aromatic N) is 1. The van der Waals surface area contributed by atoms with E-state index in [2.05, 4.69) is 15.6 Å². The van der Waals surface area contributed by atoms with E-state index in [9.17, 15) is 9.59 Å². The number of aromatic amines is 1. The van der Waals surface area contributed by atoms with E-state index < -0.39 is 0 Å². The third-order valence-corrected chi connectivity index (χ3v) is 5.68. The summed E-state index contributed by atoms with van der Waals surface area (Å²) in [6.45, 7) is 0. The van der Waals surface area contributed by atoms with E-state index >= 15 is 0 Å². The second-order valence-electron chi connectivity index (χ2n) is 6.99. The number of aryl methyl sites for hydroxylation is 1. The lowest BCUT2D eigenvalue weighted by atomic mass is 9.97. The number of carbonyl (C=O) groups is 2. The summed E-state index contributed by atoms with van der Waals surface area (Å²) >= 11 is 0. The fraction of sp³-hybridized carbons (Fsp3) is 0.167. The normalized spacial score (nSPS) is 12.8. The number of rotatable bonds is 0. The lowest BCUT2D eigenvalue weighted by molar-refractivity contribution is 0.0924. The molecule has 0 saturated carbocycles. The topological polar surface area (TPSA) is 95.3 Å². The van der Waals surface area contributed by atoms with Crippen molar-refractivity contribution < 1.29 is 19.8 Å². The van der Waals surface area contributed by atoms with Gasteiger partial charge in [0.1, 0.15) is 0 Å². The summed E-state index contributed by atoms with van der Waals surface area (Å²) < 4.78 is 2.12. The fourth-order valence-electron chi connectivity index (χ4n) is 4.65. The summed E-state index contributed by atoms with van der Waals surface area (Å²) in [5.41, 5.74) is 5.14. The highest BCUT2D eigenvalue weighted by Gasteiger charge is 2.35. The van der Waals surface area contributed by atoms with E-state index in [-0.39, 0.29) is 18.0 Å². The molecule has 2 aromatic heterocycles. The van der Waals surface area contributed by atoms with Gasteiger partial charge >= 0.3 is 0 Å². The molecule has 0 aliphatic heterocycles. The molecule has 1 aliphatic carbocycles. The molecule has 3 aromatic carbocycles. The van der Waals surface area contributed by atoms with E-state index in [1.165, 1.54) is 0 Å². The quantitative estimate of drug-likeness (QED) is 0.342. The van der Waals surface area contributed by atoms with E-state index in [0.717, 1.165) is 57.8 Å². The average Bonchev–Trinajstić information content (AvgIpc) is 3.41. The second-order valence-corrected chi connectivity index (χ2v) is 6.99. The van der Waals surface area contributed by atoms with Crippen molar-refractivity contribution in [2.45, 2.75) is 6.42 Å². The molecule has 152 valence electrons. The largest absolute Gasteiger partial charge is 0.400 e. The number of fused-ring (bicyclic) bond motifs is 10. The standard InChI is InChI=1S/C22H14N2O2.2CH4O/c1-24-14-9-5-3-7-12(14)18-20-16(26)10-15(25)19(20)17-11-6-2-4-8-13(11)23-21(17)22(18)24;2*1-2/h2-9,23H,10H2,1H3;2*2H,1H3. The third kappa shape index (κ3) is 2.44. The van der Waals surface area contributed by atoms with E-state index in [1.807, 2.05) is 49.5 Å². The zero-order valence-corrected chi connectivity index (χ0v) is 17.0. The molecule has 0 bridgehead atoms. The van der Waals surface area contributed by atoms with Gasteiger partial charge < -0.3 is 19.8 Å². The van der Waals surface area contributed by atoms with Crippen molar-refractivity contribution in [1.29, 1.82) is 0 Å². The number of aliphatic hydroxyl groups is 2. The molecule has 0 saturated heterocycles. The number of para-hydroxylation sites is 2. The molecule has 0 spiro atoms. The molecule has 3 N–H and O–H groups in total. The monoisotopic (exact) mass is 402 g/mol. The van der Waals surface area contributed by atoms with Crippen molar-refractivity contribution in [3.63, 3.8) is 0 Å². The summed E-state index contributed by atoms with van der Waals surface area (Å²) in [5, 5.41) is 17.8. The molecular formula is C24H22N2O4. The summed E-state index contributed by atoms with van der Waals surface area (Å²) in [6, 6.07) is 16.0. The summed E-state index contributed by atoms with van der Waals surface area (Å²) in [6.07, 6.45) is -0.0354. The molecule has 0 atom stereocenters. The Labute approximate surface area is 172 Å². The van der Waals surface area contributed by atoms with Gasteiger partial charge in [0.05, 0.1) is 17.5 Å². The van der Waals surface area contributed by atoms with Crippen molar-refractivity contribution in [1.82, 2.24) is 9.55 Å². The summed E-state index contributed by atoms with van der Waals surface area (Å²) in [4.78, 5) is 29.1. The molecule has 6 heteroatoms. The maximum absolute atomic E-state index is 12.8. The van der Waals surface area contributed by atoms with Crippen molar-refractivity contribution in [3.8, 4) is 0 Å². The highest BCUT2D eigenvalue weighted by molar-refractivity contribution is 6.40. The predicted octanol–water partition coefficient (Wildman–Crippen LogP) is 3.95. The maximum Gasteiger partial charge on any atom is 0.172 e. The first-order valence-electron chi connectivity index (χ1n) is 9.56. The number of benzene rings is 3. The Morgan fingerprint density at radius 2 is 1.37 bits per heavy atom. The van der Waals surface area contributed by atoms with Gasteiger partial charge in [-0.3, -0.25) is 9.59 Å². The van der Waals surface area contributed by atoms with Gasteiger partial charge in [-0.05, 0) is 12.1 Å². The molecule has 30 heavy (non-hydrogen) atoms. The maximum atomic E-state index is 12.8. The fourth-order valence-corrected chi connectivity index (χ4v) is 4.65. The van der Waals surface area contributed by atoms with Crippen LogP contribution in [0.3, 0.4) is 0 Å². The average molecular weight is 402 g/mol. The van der Waals surface area contributed by atoms with Gasteiger partial charge in [0.15, 0.2) is 11.6 Å². The van der Waals surface area contributed by atoms with Crippen LogP contribution in [0.25, 0.3) is 43.6 Å². The molecule has 0 radical (unpaired) electrons. The Bertz CT molecular complexity index is 1460. The Morgan fingerprint density at radius 3 is 2.07 bits per heavy atom. The molecule has 1 aliphatic rings. The number of hydrogen-bond acceptors (Lipinski definition) is 4. The van der Waals surface area contributed by atoms with Crippen LogP contribution in [0, 0.1) is 0 Å². The number of H-pyrrole nitrogens is 1. The number of carbonyl (C=O) groups excluding carboxylic acids is 2. The molecule has 6 rings (SSSR count). The van der Waals surface area contributed by atoms with Crippen molar-refractivity contribution >= 4 is 55.2 Å². The van der Waals surface area contributed by atoms with Crippen LogP contribution in [-0.2, 0) is 7.05 Å². The predicted molar refractivity (Wildman–Crippen MR) is 119 cm³/mol. The van der Waals surface area contributed by atoms with Crippen LogP contribution in [0.5, 0.6) is 0 Å².